The van der Waals surface area contributed by atoms with Gasteiger partial charge in [0.15, 0.2) is 0 Å². The molecule has 0 aliphatic heterocycles. The number of nitrogens with one attached hydrogen (secondary N) is 2. The van der Waals surface area contributed by atoms with Crippen LogP contribution in [0.1, 0.15) is 30.1 Å². The lowest BCUT2D eigenvalue weighted by molar-refractivity contribution is -0.120. The summed E-state index contributed by atoms with van der Waals surface area (Å²) in [5, 5.41) is 5.64. The molecular formula is C22H26ClN3O4S. The number of sulfonamides is 1. The smallest absolute Gasteiger partial charge is 0.264 e. The zero-order valence-corrected chi connectivity index (χ0v) is 18.9. The van der Waals surface area contributed by atoms with E-state index in [1.807, 2.05) is 6.92 Å². The highest BCUT2D eigenvalue weighted by Crippen LogP contribution is 2.30. The number of para-hydroxylation sites is 1. The zero-order valence-electron chi connectivity index (χ0n) is 17.3. The van der Waals surface area contributed by atoms with Gasteiger partial charge in [-0.2, -0.15) is 0 Å². The topological polar surface area (TPSA) is 95.6 Å². The average Bonchev–Trinajstić information content (AvgIpc) is 2.76. The maximum Gasteiger partial charge on any atom is 0.264 e. The molecule has 0 fully saturated rings. The van der Waals surface area contributed by atoms with Crippen LogP contribution in [0.2, 0.25) is 5.02 Å². The third kappa shape index (κ3) is 6.57. The molecule has 0 saturated heterocycles. The standard InChI is InChI=1S/C22H26ClN3O4S/c1-3-13-24-21(27)12-14-25-22(28)17-8-7-9-18(16-17)31(29,30)26(15-4-2)20-11-6-5-10-19(20)23/h4-11,16H,2-3,12-15H2,1H3,(H,24,27)(H,25,28). The van der Waals surface area contributed by atoms with Crippen molar-refractivity contribution in [1.29, 1.82) is 0 Å². The Balaban J connectivity index is 2.20. The Morgan fingerprint density at radius 1 is 1.10 bits per heavy atom. The lowest BCUT2D eigenvalue weighted by Crippen LogP contribution is -2.32. The molecule has 2 N–H and O–H groups in total. The van der Waals surface area contributed by atoms with Gasteiger partial charge in [-0.15, -0.1) is 6.58 Å². The number of nitrogens with zero attached hydrogens (tertiary/aromatic N) is 1. The first-order chi connectivity index (χ1) is 14.8. The normalized spacial score (nSPS) is 10.9. The number of carbonyl (C=O) groups excluding carboxylic acids is 2. The summed E-state index contributed by atoms with van der Waals surface area (Å²) in [6.45, 7) is 6.32. The Kier molecular flexibility index (Phi) is 9.08. The Labute approximate surface area is 188 Å². The molecule has 2 aromatic rings. The minimum absolute atomic E-state index is 0.00929. The molecule has 0 heterocycles. The minimum Gasteiger partial charge on any atom is -0.356 e. The van der Waals surface area contributed by atoms with Crippen molar-refractivity contribution in [2.24, 2.45) is 0 Å². The highest BCUT2D eigenvalue weighted by atomic mass is 35.5. The van der Waals surface area contributed by atoms with Gasteiger partial charge in [-0.3, -0.25) is 13.9 Å². The van der Waals surface area contributed by atoms with Gasteiger partial charge in [0, 0.05) is 25.1 Å². The number of amides is 2. The molecule has 166 valence electrons. The van der Waals surface area contributed by atoms with Crippen molar-refractivity contribution >= 4 is 39.1 Å². The first-order valence-corrected chi connectivity index (χ1v) is 11.7. The van der Waals surface area contributed by atoms with Crippen molar-refractivity contribution in [3.8, 4) is 0 Å². The number of halogens is 1. The van der Waals surface area contributed by atoms with Gasteiger partial charge < -0.3 is 10.6 Å². The Morgan fingerprint density at radius 2 is 1.84 bits per heavy atom. The van der Waals surface area contributed by atoms with Gasteiger partial charge in [0.25, 0.3) is 15.9 Å². The van der Waals surface area contributed by atoms with Gasteiger partial charge in [0.05, 0.1) is 22.2 Å². The van der Waals surface area contributed by atoms with E-state index in [0.29, 0.717) is 12.2 Å². The second kappa shape index (κ2) is 11.5. The zero-order chi connectivity index (χ0) is 22.9. The van der Waals surface area contributed by atoms with Crippen LogP contribution in [0.15, 0.2) is 66.1 Å². The summed E-state index contributed by atoms with van der Waals surface area (Å²) in [7, 11) is -4.01. The van der Waals surface area contributed by atoms with Crippen LogP contribution in [0.25, 0.3) is 0 Å². The van der Waals surface area contributed by atoms with E-state index in [-0.39, 0.29) is 40.9 Å². The van der Waals surface area contributed by atoms with Crippen LogP contribution >= 0.6 is 11.6 Å². The van der Waals surface area contributed by atoms with Crippen LogP contribution in [0, 0.1) is 0 Å². The number of hydrogen-bond donors (Lipinski definition) is 2. The molecule has 0 aromatic heterocycles. The Morgan fingerprint density at radius 3 is 2.52 bits per heavy atom. The predicted octanol–water partition coefficient (Wildman–Crippen LogP) is 3.37. The minimum atomic E-state index is -4.01. The van der Waals surface area contributed by atoms with Gasteiger partial charge >= 0.3 is 0 Å². The first-order valence-electron chi connectivity index (χ1n) is 9.84. The summed E-state index contributed by atoms with van der Waals surface area (Å²) >= 11 is 6.21. The van der Waals surface area contributed by atoms with Gasteiger partial charge in [0.2, 0.25) is 5.91 Å². The van der Waals surface area contributed by atoms with E-state index in [4.69, 9.17) is 11.6 Å². The fraction of sp³-hybridized carbons (Fsp3) is 0.273. The van der Waals surface area contributed by atoms with Gasteiger partial charge in [-0.05, 0) is 36.8 Å². The Bertz CT molecular complexity index is 1040. The van der Waals surface area contributed by atoms with Crippen LogP contribution in [0.5, 0.6) is 0 Å². The molecular weight excluding hydrogens is 438 g/mol. The summed E-state index contributed by atoms with van der Waals surface area (Å²) in [5.74, 6) is -0.619. The summed E-state index contributed by atoms with van der Waals surface area (Å²) < 4.78 is 27.7. The van der Waals surface area contributed by atoms with Gasteiger partial charge in [-0.25, -0.2) is 8.42 Å². The van der Waals surface area contributed by atoms with E-state index >= 15 is 0 Å². The van der Waals surface area contributed by atoms with Crippen LogP contribution in [-0.4, -0.2) is 39.9 Å². The Hall–Kier alpha value is -2.84. The number of rotatable bonds is 11. The monoisotopic (exact) mass is 463 g/mol. The number of hydrogen-bond acceptors (Lipinski definition) is 4. The van der Waals surface area contributed by atoms with Crippen molar-refractivity contribution in [2.75, 3.05) is 23.9 Å². The van der Waals surface area contributed by atoms with E-state index in [2.05, 4.69) is 17.2 Å². The summed E-state index contributed by atoms with van der Waals surface area (Å²) in [5.41, 5.74) is 0.491. The second-order valence-corrected chi connectivity index (χ2v) is 8.93. The molecule has 2 aromatic carbocycles. The molecule has 9 heteroatoms. The first kappa shape index (κ1) is 24.4. The molecule has 0 bridgehead atoms. The molecule has 0 unspecified atom stereocenters. The van der Waals surface area contributed by atoms with E-state index in [1.165, 1.54) is 30.3 Å². The van der Waals surface area contributed by atoms with Crippen LogP contribution in [0.4, 0.5) is 5.69 Å². The third-order valence-corrected chi connectivity index (χ3v) is 6.41. The summed E-state index contributed by atoms with van der Waals surface area (Å²) in [6, 6.07) is 12.3. The number of benzene rings is 2. The lowest BCUT2D eigenvalue weighted by atomic mass is 10.2. The molecule has 31 heavy (non-hydrogen) atoms. The highest BCUT2D eigenvalue weighted by Gasteiger charge is 2.26. The van der Waals surface area contributed by atoms with Crippen molar-refractivity contribution in [2.45, 2.75) is 24.7 Å². The molecule has 0 spiro atoms. The SMILES string of the molecule is C=CCN(c1ccccc1Cl)S(=O)(=O)c1cccc(C(=O)NCCC(=O)NCCC)c1. The van der Waals surface area contributed by atoms with Crippen LogP contribution < -0.4 is 14.9 Å². The molecule has 2 amide bonds. The fourth-order valence-corrected chi connectivity index (χ4v) is 4.56. The van der Waals surface area contributed by atoms with E-state index < -0.39 is 15.9 Å². The maximum absolute atomic E-state index is 13.3. The van der Waals surface area contributed by atoms with E-state index in [1.54, 1.807) is 24.3 Å². The van der Waals surface area contributed by atoms with E-state index in [9.17, 15) is 18.0 Å². The molecule has 0 aliphatic carbocycles. The van der Waals surface area contributed by atoms with Crippen LogP contribution in [-0.2, 0) is 14.8 Å². The summed E-state index contributed by atoms with van der Waals surface area (Å²) in [6.07, 6.45) is 2.43. The molecule has 2 rings (SSSR count). The maximum atomic E-state index is 13.3. The third-order valence-electron chi connectivity index (χ3n) is 4.31. The quantitative estimate of drug-likeness (QED) is 0.499. The van der Waals surface area contributed by atoms with Crippen molar-refractivity contribution in [1.82, 2.24) is 10.6 Å². The van der Waals surface area contributed by atoms with Gasteiger partial charge in [-0.1, -0.05) is 42.8 Å². The van der Waals surface area contributed by atoms with Gasteiger partial charge in [0.1, 0.15) is 0 Å². The highest BCUT2D eigenvalue weighted by molar-refractivity contribution is 7.92. The van der Waals surface area contributed by atoms with Crippen molar-refractivity contribution in [3.05, 3.63) is 71.8 Å². The molecule has 0 aliphatic rings. The van der Waals surface area contributed by atoms with Crippen molar-refractivity contribution in [3.63, 3.8) is 0 Å². The number of anilines is 1. The van der Waals surface area contributed by atoms with Crippen LogP contribution in [0.3, 0.4) is 0 Å². The number of carbonyl (C=O) groups is 2. The predicted molar refractivity (Wildman–Crippen MR) is 123 cm³/mol. The fourth-order valence-electron chi connectivity index (χ4n) is 2.77. The van der Waals surface area contributed by atoms with E-state index in [0.717, 1.165) is 10.7 Å². The molecule has 0 radical (unpaired) electrons. The molecule has 0 saturated carbocycles. The van der Waals surface area contributed by atoms with Crippen molar-refractivity contribution < 1.29 is 18.0 Å². The molecule has 0 atom stereocenters. The average molecular weight is 464 g/mol. The lowest BCUT2D eigenvalue weighted by Gasteiger charge is -2.24. The largest absolute Gasteiger partial charge is 0.356 e. The summed E-state index contributed by atoms with van der Waals surface area (Å²) in [4.78, 5) is 24.0. The molecule has 7 nitrogen and oxygen atoms in total. The second-order valence-electron chi connectivity index (χ2n) is 6.66.